The highest BCUT2D eigenvalue weighted by atomic mass is 35.5. The van der Waals surface area contributed by atoms with Crippen molar-refractivity contribution < 1.29 is 4.79 Å². The molecule has 1 N–H and O–H groups in total. The summed E-state index contributed by atoms with van der Waals surface area (Å²) in [5.74, 6) is -0.169. The van der Waals surface area contributed by atoms with E-state index in [4.69, 9.17) is 23.2 Å². The molecule has 1 amide bonds. The SMILES string of the molecule is C[C@@H](NC(=O)/C=C\c1ccc(Cl)cc1Cl)c1ccccc1. The third-order valence-corrected chi connectivity index (χ3v) is 3.60. The predicted octanol–water partition coefficient (Wildman–Crippen LogP) is 4.88. The summed E-state index contributed by atoms with van der Waals surface area (Å²) in [5.41, 5.74) is 1.81. The monoisotopic (exact) mass is 319 g/mol. The highest BCUT2D eigenvalue weighted by Gasteiger charge is 2.06. The van der Waals surface area contributed by atoms with Crippen LogP contribution in [0.15, 0.2) is 54.6 Å². The maximum atomic E-state index is 11.9. The van der Waals surface area contributed by atoms with Crippen molar-refractivity contribution in [1.29, 1.82) is 0 Å². The normalized spacial score (nSPS) is 12.3. The Bertz CT molecular complexity index is 653. The lowest BCUT2D eigenvalue weighted by molar-refractivity contribution is -0.117. The molecular formula is C17H15Cl2NO. The maximum Gasteiger partial charge on any atom is 0.244 e. The molecule has 0 aliphatic carbocycles. The standard InChI is InChI=1S/C17H15Cl2NO/c1-12(13-5-3-2-4-6-13)20-17(21)10-8-14-7-9-15(18)11-16(14)19/h2-12H,1H3,(H,20,21)/b10-8-/t12-/m1/s1. The minimum atomic E-state index is -0.169. The smallest absolute Gasteiger partial charge is 0.244 e. The number of amides is 1. The Hall–Kier alpha value is -1.77. The number of nitrogens with one attached hydrogen (secondary N) is 1. The summed E-state index contributed by atoms with van der Waals surface area (Å²) in [7, 11) is 0. The molecule has 4 heteroatoms. The summed E-state index contributed by atoms with van der Waals surface area (Å²) in [6.45, 7) is 1.94. The first-order valence-corrected chi connectivity index (χ1v) is 7.30. The van der Waals surface area contributed by atoms with Crippen LogP contribution in [-0.2, 0) is 4.79 Å². The molecule has 0 saturated heterocycles. The van der Waals surface area contributed by atoms with Crippen LogP contribution in [0.3, 0.4) is 0 Å². The van der Waals surface area contributed by atoms with E-state index in [2.05, 4.69) is 5.32 Å². The average molecular weight is 320 g/mol. The van der Waals surface area contributed by atoms with E-state index < -0.39 is 0 Å². The van der Waals surface area contributed by atoms with Gasteiger partial charge in [-0.15, -0.1) is 0 Å². The molecule has 2 aromatic rings. The summed E-state index contributed by atoms with van der Waals surface area (Å²) in [4.78, 5) is 11.9. The Kier molecular flexibility index (Phi) is 5.43. The molecule has 1 atom stereocenters. The van der Waals surface area contributed by atoms with Crippen LogP contribution in [-0.4, -0.2) is 5.91 Å². The lowest BCUT2D eigenvalue weighted by atomic mass is 10.1. The summed E-state index contributed by atoms with van der Waals surface area (Å²) in [5, 5.41) is 3.99. The van der Waals surface area contributed by atoms with Crippen LogP contribution in [0.5, 0.6) is 0 Å². The van der Waals surface area contributed by atoms with Crippen LogP contribution < -0.4 is 5.32 Å². The van der Waals surface area contributed by atoms with E-state index in [9.17, 15) is 4.79 Å². The Morgan fingerprint density at radius 3 is 2.52 bits per heavy atom. The fraction of sp³-hybridized carbons (Fsp3) is 0.118. The Morgan fingerprint density at radius 2 is 1.86 bits per heavy atom. The molecule has 0 spiro atoms. The van der Waals surface area contributed by atoms with Crippen LogP contribution in [0.4, 0.5) is 0 Å². The minimum Gasteiger partial charge on any atom is -0.346 e. The number of rotatable bonds is 4. The molecule has 0 heterocycles. The molecule has 0 unspecified atom stereocenters. The first-order chi connectivity index (χ1) is 10.1. The predicted molar refractivity (Wildman–Crippen MR) is 88.5 cm³/mol. The number of hydrogen-bond acceptors (Lipinski definition) is 1. The average Bonchev–Trinajstić information content (AvgIpc) is 2.47. The fourth-order valence-electron chi connectivity index (χ4n) is 1.89. The quantitative estimate of drug-likeness (QED) is 0.799. The van der Waals surface area contributed by atoms with E-state index in [1.807, 2.05) is 37.3 Å². The van der Waals surface area contributed by atoms with Gasteiger partial charge in [-0.25, -0.2) is 0 Å². The van der Waals surface area contributed by atoms with E-state index in [-0.39, 0.29) is 11.9 Å². The van der Waals surface area contributed by atoms with Crippen molar-refractivity contribution in [2.24, 2.45) is 0 Å². The Balaban J connectivity index is 2.00. The highest BCUT2D eigenvalue weighted by Crippen LogP contribution is 2.22. The molecule has 0 bridgehead atoms. The summed E-state index contributed by atoms with van der Waals surface area (Å²) < 4.78 is 0. The van der Waals surface area contributed by atoms with Gasteiger partial charge < -0.3 is 5.32 Å². The van der Waals surface area contributed by atoms with Crippen molar-refractivity contribution in [1.82, 2.24) is 5.32 Å². The van der Waals surface area contributed by atoms with E-state index in [1.54, 1.807) is 24.3 Å². The number of benzene rings is 2. The van der Waals surface area contributed by atoms with Crippen LogP contribution in [0, 0.1) is 0 Å². The lowest BCUT2D eigenvalue weighted by Crippen LogP contribution is -2.24. The number of hydrogen-bond donors (Lipinski definition) is 1. The van der Waals surface area contributed by atoms with Gasteiger partial charge in [-0.05, 0) is 36.3 Å². The van der Waals surface area contributed by atoms with Gasteiger partial charge >= 0.3 is 0 Å². The van der Waals surface area contributed by atoms with E-state index in [1.165, 1.54) is 6.08 Å². The zero-order valence-corrected chi connectivity index (χ0v) is 13.0. The lowest BCUT2D eigenvalue weighted by Gasteiger charge is -2.12. The van der Waals surface area contributed by atoms with Gasteiger partial charge in [0, 0.05) is 16.1 Å². The summed E-state index contributed by atoms with van der Waals surface area (Å²) in [6.07, 6.45) is 3.14. The Labute approximate surface area is 134 Å². The number of carbonyl (C=O) groups is 1. The molecule has 2 aromatic carbocycles. The van der Waals surface area contributed by atoms with Gasteiger partial charge in [-0.3, -0.25) is 4.79 Å². The second-order valence-electron chi connectivity index (χ2n) is 4.64. The summed E-state index contributed by atoms with van der Waals surface area (Å²) >= 11 is 11.9. The molecule has 0 fully saturated rings. The van der Waals surface area contributed by atoms with Crippen molar-refractivity contribution in [3.63, 3.8) is 0 Å². The third-order valence-electron chi connectivity index (χ3n) is 3.04. The van der Waals surface area contributed by atoms with Crippen LogP contribution in [0.1, 0.15) is 24.1 Å². The van der Waals surface area contributed by atoms with E-state index in [0.29, 0.717) is 10.0 Å². The molecule has 21 heavy (non-hydrogen) atoms. The first kappa shape index (κ1) is 15.6. The van der Waals surface area contributed by atoms with Crippen molar-refractivity contribution in [2.75, 3.05) is 0 Å². The van der Waals surface area contributed by atoms with Gasteiger partial charge in [0.25, 0.3) is 0 Å². The topological polar surface area (TPSA) is 29.1 Å². The number of halogens is 2. The zero-order chi connectivity index (χ0) is 15.2. The largest absolute Gasteiger partial charge is 0.346 e. The van der Waals surface area contributed by atoms with Gasteiger partial charge in [0.2, 0.25) is 5.91 Å². The van der Waals surface area contributed by atoms with Crippen molar-refractivity contribution in [2.45, 2.75) is 13.0 Å². The molecule has 108 valence electrons. The second kappa shape index (κ2) is 7.30. The van der Waals surface area contributed by atoms with Crippen LogP contribution >= 0.6 is 23.2 Å². The van der Waals surface area contributed by atoms with Crippen LogP contribution in [0.25, 0.3) is 6.08 Å². The van der Waals surface area contributed by atoms with Crippen LogP contribution in [0.2, 0.25) is 10.0 Å². The first-order valence-electron chi connectivity index (χ1n) is 6.55. The second-order valence-corrected chi connectivity index (χ2v) is 5.48. The molecule has 0 saturated carbocycles. The zero-order valence-electron chi connectivity index (χ0n) is 11.5. The maximum absolute atomic E-state index is 11.9. The molecular weight excluding hydrogens is 305 g/mol. The Morgan fingerprint density at radius 1 is 1.14 bits per heavy atom. The molecule has 0 aromatic heterocycles. The van der Waals surface area contributed by atoms with Gasteiger partial charge in [0.1, 0.15) is 0 Å². The van der Waals surface area contributed by atoms with Crippen molar-refractivity contribution in [3.8, 4) is 0 Å². The molecule has 0 radical (unpaired) electrons. The minimum absolute atomic E-state index is 0.0518. The van der Waals surface area contributed by atoms with Gasteiger partial charge in [-0.2, -0.15) is 0 Å². The third kappa shape index (κ3) is 4.62. The number of carbonyl (C=O) groups excluding carboxylic acids is 1. The summed E-state index contributed by atoms with van der Waals surface area (Å²) in [6, 6.07) is 14.9. The van der Waals surface area contributed by atoms with Crippen molar-refractivity contribution in [3.05, 3.63) is 75.8 Å². The van der Waals surface area contributed by atoms with Crippen molar-refractivity contribution >= 4 is 35.2 Å². The van der Waals surface area contributed by atoms with E-state index in [0.717, 1.165) is 11.1 Å². The molecule has 2 nitrogen and oxygen atoms in total. The van der Waals surface area contributed by atoms with Gasteiger partial charge in [0.15, 0.2) is 0 Å². The molecule has 0 aliphatic heterocycles. The van der Waals surface area contributed by atoms with Gasteiger partial charge in [0.05, 0.1) is 6.04 Å². The fourth-order valence-corrected chi connectivity index (χ4v) is 2.36. The molecule has 2 rings (SSSR count). The highest BCUT2D eigenvalue weighted by molar-refractivity contribution is 6.35. The molecule has 0 aliphatic rings. The van der Waals surface area contributed by atoms with E-state index >= 15 is 0 Å². The van der Waals surface area contributed by atoms with Gasteiger partial charge in [-0.1, -0.05) is 59.6 Å².